The third-order valence-corrected chi connectivity index (χ3v) is 4.30. The molecule has 0 saturated carbocycles. The number of piperidine rings is 1. The van der Waals surface area contributed by atoms with E-state index in [-0.39, 0.29) is 11.4 Å². The van der Waals surface area contributed by atoms with Crippen LogP contribution < -0.4 is 10.6 Å². The maximum absolute atomic E-state index is 12.3. The Labute approximate surface area is 114 Å². The number of rotatable bonds is 0. The highest BCUT2D eigenvalue weighted by Gasteiger charge is 2.36. The molecule has 2 aliphatic heterocycles. The van der Waals surface area contributed by atoms with Crippen molar-refractivity contribution in [2.45, 2.75) is 31.3 Å². The number of nitrogens with zero attached hydrogens (tertiary/aromatic N) is 1. The molecule has 2 N–H and O–H groups in total. The van der Waals surface area contributed by atoms with Crippen LogP contribution in [0.5, 0.6) is 0 Å². The van der Waals surface area contributed by atoms with Crippen LogP contribution in [0.2, 0.25) is 0 Å². The van der Waals surface area contributed by atoms with Crippen LogP contribution in [0.25, 0.3) is 0 Å². The SMILES string of the molecule is CN1Cc2ccccc2NC2(CCNCC2)CC1=O. The van der Waals surface area contributed by atoms with E-state index in [1.54, 1.807) is 0 Å². The van der Waals surface area contributed by atoms with Crippen molar-refractivity contribution in [3.8, 4) is 0 Å². The molecule has 4 nitrogen and oxygen atoms in total. The van der Waals surface area contributed by atoms with Crippen molar-refractivity contribution in [2.24, 2.45) is 0 Å². The Hall–Kier alpha value is -1.55. The van der Waals surface area contributed by atoms with Gasteiger partial charge in [0.05, 0.1) is 0 Å². The maximum atomic E-state index is 12.3. The van der Waals surface area contributed by atoms with Crippen molar-refractivity contribution in [1.82, 2.24) is 10.2 Å². The Balaban J connectivity index is 1.98. The van der Waals surface area contributed by atoms with Crippen molar-refractivity contribution >= 4 is 11.6 Å². The number of hydrogen-bond donors (Lipinski definition) is 2. The van der Waals surface area contributed by atoms with Gasteiger partial charge in [0.2, 0.25) is 5.91 Å². The van der Waals surface area contributed by atoms with E-state index in [1.165, 1.54) is 11.3 Å². The fraction of sp³-hybridized carbons (Fsp3) is 0.533. The number of carbonyl (C=O) groups is 1. The highest BCUT2D eigenvalue weighted by atomic mass is 16.2. The summed E-state index contributed by atoms with van der Waals surface area (Å²) in [5.41, 5.74) is 2.31. The van der Waals surface area contributed by atoms with Crippen LogP contribution in [-0.2, 0) is 11.3 Å². The van der Waals surface area contributed by atoms with Gasteiger partial charge in [-0.05, 0) is 37.6 Å². The van der Waals surface area contributed by atoms with Gasteiger partial charge in [-0.1, -0.05) is 18.2 Å². The topological polar surface area (TPSA) is 44.4 Å². The smallest absolute Gasteiger partial charge is 0.224 e. The lowest BCUT2D eigenvalue weighted by molar-refractivity contribution is -0.131. The van der Waals surface area contributed by atoms with Crippen LogP contribution in [0.3, 0.4) is 0 Å². The van der Waals surface area contributed by atoms with Gasteiger partial charge in [0, 0.05) is 31.2 Å². The molecule has 1 aromatic rings. The average Bonchev–Trinajstić information content (AvgIpc) is 2.40. The van der Waals surface area contributed by atoms with E-state index in [2.05, 4.69) is 28.8 Å². The molecule has 0 aliphatic carbocycles. The minimum atomic E-state index is -0.0763. The van der Waals surface area contributed by atoms with E-state index in [1.807, 2.05) is 18.0 Å². The molecule has 2 aliphatic rings. The fourth-order valence-corrected chi connectivity index (χ4v) is 3.09. The lowest BCUT2D eigenvalue weighted by atomic mass is 9.83. The zero-order chi connectivity index (χ0) is 13.3. The molecular formula is C15H21N3O. The first-order valence-corrected chi connectivity index (χ1v) is 6.99. The first kappa shape index (κ1) is 12.5. The molecule has 0 atom stereocenters. The summed E-state index contributed by atoms with van der Waals surface area (Å²) < 4.78 is 0. The number of fused-ring (bicyclic) bond motifs is 1. The predicted molar refractivity (Wildman–Crippen MR) is 76.0 cm³/mol. The summed E-state index contributed by atoms with van der Waals surface area (Å²) in [7, 11) is 1.90. The van der Waals surface area contributed by atoms with Crippen molar-refractivity contribution < 1.29 is 4.79 Å². The number of hydrogen-bond acceptors (Lipinski definition) is 3. The van der Waals surface area contributed by atoms with Crippen LogP contribution in [0.1, 0.15) is 24.8 Å². The van der Waals surface area contributed by atoms with Gasteiger partial charge in [0.1, 0.15) is 0 Å². The molecule has 1 fully saturated rings. The average molecular weight is 259 g/mol. The molecular weight excluding hydrogens is 238 g/mol. The molecule has 102 valence electrons. The molecule has 0 unspecified atom stereocenters. The Morgan fingerprint density at radius 1 is 1.21 bits per heavy atom. The Morgan fingerprint density at radius 3 is 2.74 bits per heavy atom. The second-order valence-electron chi connectivity index (χ2n) is 5.74. The summed E-state index contributed by atoms with van der Waals surface area (Å²) in [6, 6.07) is 8.33. The zero-order valence-corrected chi connectivity index (χ0v) is 11.4. The molecule has 1 saturated heterocycles. The number of anilines is 1. The van der Waals surface area contributed by atoms with E-state index < -0.39 is 0 Å². The second kappa shape index (κ2) is 4.85. The van der Waals surface area contributed by atoms with Gasteiger partial charge in [-0.3, -0.25) is 4.79 Å². The lowest BCUT2D eigenvalue weighted by Gasteiger charge is -2.42. The number of nitrogens with one attached hydrogen (secondary N) is 2. The molecule has 19 heavy (non-hydrogen) atoms. The third kappa shape index (κ3) is 2.45. The van der Waals surface area contributed by atoms with E-state index in [9.17, 15) is 4.79 Å². The van der Waals surface area contributed by atoms with Gasteiger partial charge in [-0.25, -0.2) is 0 Å². The summed E-state index contributed by atoms with van der Waals surface area (Å²) in [5, 5.41) is 7.06. The largest absolute Gasteiger partial charge is 0.379 e. The Kier molecular flexibility index (Phi) is 3.19. The number of amides is 1. The minimum absolute atomic E-state index is 0.0763. The van der Waals surface area contributed by atoms with Crippen LogP contribution >= 0.6 is 0 Å². The summed E-state index contributed by atoms with van der Waals surface area (Å²) in [4.78, 5) is 14.2. The first-order valence-electron chi connectivity index (χ1n) is 6.99. The van der Waals surface area contributed by atoms with Crippen LogP contribution in [0.15, 0.2) is 24.3 Å². The number of carbonyl (C=O) groups excluding carboxylic acids is 1. The maximum Gasteiger partial charge on any atom is 0.224 e. The molecule has 2 heterocycles. The monoisotopic (exact) mass is 259 g/mol. The van der Waals surface area contributed by atoms with Gasteiger partial charge in [-0.2, -0.15) is 0 Å². The minimum Gasteiger partial charge on any atom is -0.379 e. The molecule has 1 spiro atoms. The van der Waals surface area contributed by atoms with E-state index in [0.717, 1.165) is 25.9 Å². The van der Waals surface area contributed by atoms with Crippen molar-refractivity contribution in [2.75, 3.05) is 25.5 Å². The summed E-state index contributed by atoms with van der Waals surface area (Å²) in [6.45, 7) is 2.65. The van der Waals surface area contributed by atoms with E-state index in [0.29, 0.717) is 13.0 Å². The predicted octanol–water partition coefficient (Wildman–Crippen LogP) is 1.58. The highest BCUT2D eigenvalue weighted by molar-refractivity contribution is 5.79. The third-order valence-electron chi connectivity index (χ3n) is 4.30. The quantitative estimate of drug-likeness (QED) is 0.743. The van der Waals surface area contributed by atoms with Gasteiger partial charge < -0.3 is 15.5 Å². The molecule has 1 amide bonds. The molecule has 4 heteroatoms. The lowest BCUT2D eigenvalue weighted by Crippen LogP contribution is -2.51. The van der Waals surface area contributed by atoms with Crippen LogP contribution in [-0.4, -0.2) is 36.5 Å². The summed E-state index contributed by atoms with van der Waals surface area (Å²) in [5.74, 6) is 0.240. The highest BCUT2D eigenvalue weighted by Crippen LogP contribution is 2.32. The molecule has 0 radical (unpaired) electrons. The van der Waals surface area contributed by atoms with Crippen LogP contribution in [0, 0.1) is 0 Å². The van der Waals surface area contributed by atoms with Gasteiger partial charge >= 0.3 is 0 Å². The van der Waals surface area contributed by atoms with Crippen molar-refractivity contribution in [1.29, 1.82) is 0 Å². The van der Waals surface area contributed by atoms with Crippen molar-refractivity contribution in [3.63, 3.8) is 0 Å². The van der Waals surface area contributed by atoms with E-state index in [4.69, 9.17) is 0 Å². The van der Waals surface area contributed by atoms with Crippen LogP contribution in [0.4, 0.5) is 5.69 Å². The second-order valence-corrected chi connectivity index (χ2v) is 5.74. The first-order chi connectivity index (χ1) is 9.19. The number of benzene rings is 1. The zero-order valence-electron chi connectivity index (χ0n) is 11.4. The fourth-order valence-electron chi connectivity index (χ4n) is 3.09. The molecule has 0 bridgehead atoms. The van der Waals surface area contributed by atoms with Gasteiger partial charge in [0.25, 0.3) is 0 Å². The summed E-state index contributed by atoms with van der Waals surface area (Å²) in [6.07, 6.45) is 2.60. The Morgan fingerprint density at radius 2 is 1.95 bits per heavy atom. The van der Waals surface area contributed by atoms with Gasteiger partial charge in [0.15, 0.2) is 0 Å². The number of para-hydroxylation sites is 1. The standard InChI is InChI=1S/C15H21N3O/c1-18-11-12-4-2-3-5-13(12)17-15(10-14(18)19)6-8-16-9-7-15/h2-5,16-17H,6-11H2,1H3. The van der Waals surface area contributed by atoms with Gasteiger partial charge in [-0.15, -0.1) is 0 Å². The molecule has 0 aromatic heterocycles. The van der Waals surface area contributed by atoms with Crippen molar-refractivity contribution in [3.05, 3.63) is 29.8 Å². The van der Waals surface area contributed by atoms with E-state index >= 15 is 0 Å². The molecule has 3 rings (SSSR count). The Bertz CT molecular complexity index is 480. The normalized spacial score (nSPS) is 22.4. The molecule has 1 aromatic carbocycles. The summed E-state index contributed by atoms with van der Waals surface area (Å²) >= 11 is 0.